The number of nitrogens with zero attached hydrogens (tertiary/aromatic N) is 3. The maximum atomic E-state index is 11.9. The van der Waals surface area contributed by atoms with E-state index in [1.807, 2.05) is 24.3 Å². The summed E-state index contributed by atoms with van der Waals surface area (Å²) in [6.45, 7) is 6.79. The van der Waals surface area contributed by atoms with Gasteiger partial charge in [0.05, 0.1) is 21.5 Å². The number of carboxylic acid groups (broad SMARTS) is 1. The fourth-order valence-electron chi connectivity index (χ4n) is 4.31. The molecule has 4 rings (SSSR count). The number of hydrogen-bond donors (Lipinski definition) is 1. The van der Waals surface area contributed by atoms with Gasteiger partial charge in [0.1, 0.15) is 0 Å². The molecule has 1 aliphatic rings. The van der Waals surface area contributed by atoms with Crippen molar-refractivity contribution in [1.82, 2.24) is 9.88 Å². The maximum absolute atomic E-state index is 11.9. The van der Waals surface area contributed by atoms with E-state index in [0.29, 0.717) is 4.90 Å². The third-order valence-electron chi connectivity index (χ3n) is 5.86. The number of thiazole rings is 1. The van der Waals surface area contributed by atoms with Gasteiger partial charge >= 0.3 is 5.97 Å². The van der Waals surface area contributed by atoms with Crippen LogP contribution in [-0.4, -0.2) is 60.8 Å². The summed E-state index contributed by atoms with van der Waals surface area (Å²) in [5.74, 6) is -0.822. The van der Waals surface area contributed by atoms with Gasteiger partial charge in [0.15, 0.2) is 15.0 Å². The molecule has 0 saturated carbocycles. The molecule has 0 aliphatic carbocycles. The molecular weight excluding hydrogens is 446 g/mol. The number of fused-ring (bicyclic) bond motifs is 1. The first kappa shape index (κ1) is 22.7. The van der Waals surface area contributed by atoms with Gasteiger partial charge in [-0.25, -0.2) is 13.4 Å². The molecule has 170 valence electrons. The van der Waals surface area contributed by atoms with Crippen molar-refractivity contribution in [2.45, 2.75) is 43.8 Å². The molecule has 1 fully saturated rings. The normalized spacial score (nSPS) is 20.0. The van der Waals surface area contributed by atoms with E-state index in [4.69, 9.17) is 10.1 Å². The second-order valence-corrected chi connectivity index (χ2v) is 11.6. The van der Waals surface area contributed by atoms with Crippen molar-refractivity contribution in [3.63, 3.8) is 0 Å². The van der Waals surface area contributed by atoms with E-state index < -0.39 is 15.8 Å². The molecule has 1 saturated heterocycles. The number of benzene rings is 2. The average Bonchev–Trinajstić information content (AvgIpc) is 3.13. The van der Waals surface area contributed by atoms with Gasteiger partial charge in [-0.15, -0.1) is 0 Å². The van der Waals surface area contributed by atoms with Gasteiger partial charge in [0.2, 0.25) is 0 Å². The highest BCUT2D eigenvalue weighted by molar-refractivity contribution is 7.90. The van der Waals surface area contributed by atoms with E-state index in [1.54, 1.807) is 18.2 Å². The predicted octanol–water partition coefficient (Wildman–Crippen LogP) is 3.43. The van der Waals surface area contributed by atoms with Gasteiger partial charge in [-0.05, 0) is 43.2 Å². The van der Waals surface area contributed by atoms with Gasteiger partial charge in [-0.1, -0.05) is 35.6 Å². The summed E-state index contributed by atoms with van der Waals surface area (Å²) in [4.78, 5) is 20.8. The molecule has 1 aliphatic heterocycles. The number of anilines is 1. The van der Waals surface area contributed by atoms with Gasteiger partial charge in [0, 0.05) is 38.0 Å². The number of aliphatic carboxylic acids is 1. The lowest BCUT2D eigenvalue weighted by Gasteiger charge is -2.44. The van der Waals surface area contributed by atoms with Crippen LogP contribution in [0.1, 0.15) is 25.0 Å². The Morgan fingerprint density at radius 1 is 1.12 bits per heavy atom. The van der Waals surface area contributed by atoms with Crippen LogP contribution in [0.3, 0.4) is 0 Å². The SMILES string of the molecule is C[C@@H]1CN(c2nc3ccc(S(C)(=O)=O)cc3s2)C[C@H](C)N1Cc1cccc(CC(=O)O)c1. The number of carbonyl (C=O) groups is 1. The zero-order chi connectivity index (χ0) is 23.0. The highest BCUT2D eigenvalue weighted by Gasteiger charge is 2.31. The second-order valence-electron chi connectivity index (χ2n) is 8.56. The van der Waals surface area contributed by atoms with E-state index in [9.17, 15) is 13.2 Å². The fourth-order valence-corrected chi connectivity index (χ4v) is 6.05. The summed E-state index contributed by atoms with van der Waals surface area (Å²) < 4.78 is 24.6. The lowest BCUT2D eigenvalue weighted by molar-refractivity contribution is -0.136. The largest absolute Gasteiger partial charge is 0.481 e. The Morgan fingerprint density at radius 2 is 1.81 bits per heavy atom. The lowest BCUT2D eigenvalue weighted by Crippen LogP contribution is -2.56. The Morgan fingerprint density at radius 3 is 2.47 bits per heavy atom. The average molecular weight is 474 g/mol. The summed E-state index contributed by atoms with van der Waals surface area (Å²) in [6, 6.07) is 13.5. The van der Waals surface area contributed by atoms with E-state index >= 15 is 0 Å². The Hall–Kier alpha value is -2.49. The highest BCUT2D eigenvalue weighted by atomic mass is 32.2. The van der Waals surface area contributed by atoms with Gasteiger partial charge in [-0.3, -0.25) is 9.69 Å². The van der Waals surface area contributed by atoms with E-state index in [0.717, 1.165) is 46.1 Å². The molecule has 0 amide bonds. The third kappa shape index (κ3) is 4.95. The summed E-state index contributed by atoms with van der Waals surface area (Å²) >= 11 is 1.53. The Labute approximate surface area is 192 Å². The number of hydrogen-bond acceptors (Lipinski definition) is 7. The van der Waals surface area contributed by atoms with Gasteiger partial charge in [-0.2, -0.15) is 0 Å². The quantitative estimate of drug-likeness (QED) is 0.587. The zero-order valence-electron chi connectivity index (χ0n) is 18.4. The monoisotopic (exact) mass is 473 g/mol. The summed E-state index contributed by atoms with van der Waals surface area (Å²) in [5.41, 5.74) is 2.75. The van der Waals surface area contributed by atoms with Gasteiger partial charge < -0.3 is 10.0 Å². The number of rotatable bonds is 6. The highest BCUT2D eigenvalue weighted by Crippen LogP contribution is 2.33. The molecule has 3 aromatic rings. The zero-order valence-corrected chi connectivity index (χ0v) is 20.0. The minimum Gasteiger partial charge on any atom is -0.481 e. The van der Waals surface area contributed by atoms with Crippen LogP contribution in [0.25, 0.3) is 10.2 Å². The van der Waals surface area contributed by atoms with Crippen molar-refractivity contribution in [2.75, 3.05) is 24.2 Å². The van der Waals surface area contributed by atoms with E-state index in [1.165, 1.54) is 17.6 Å². The number of piperazine rings is 1. The molecule has 7 nitrogen and oxygen atoms in total. The third-order valence-corrected chi connectivity index (χ3v) is 8.05. The molecule has 2 heterocycles. The van der Waals surface area contributed by atoms with Crippen LogP contribution in [0.5, 0.6) is 0 Å². The van der Waals surface area contributed by atoms with Crippen LogP contribution in [-0.2, 0) is 27.6 Å². The molecule has 2 aromatic carbocycles. The van der Waals surface area contributed by atoms with Crippen molar-refractivity contribution in [3.05, 3.63) is 53.6 Å². The van der Waals surface area contributed by atoms with Crippen LogP contribution < -0.4 is 4.90 Å². The lowest BCUT2D eigenvalue weighted by atomic mass is 10.0. The van der Waals surface area contributed by atoms with Gasteiger partial charge in [0.25, 0.3) is 0 Å². The molecular formula is C23H27N3O4S2. The molecule has 0 radical (unpaired) electrons. The second kappa shape index (κ2) is 8.80. The van der Waals surface area contributed by atoms with Crippen molar-refractivity contribution in [2.24, 2.45) is 0 Å². The summed E-state index contributed by atoms with van der Waals surface area (Å²) in [6.07, 6.45) is 1.25. The van der Waals surface area contributed by atoms with Crippen molar-refractivity contribution >= 4 is 42.5 Å². The molecule has 0 bridgehead atoms. The summed E-state index contributed by atoms with van der Waals surface area (Å²) in [5, 5.41) is 9.97. The van der Waals surface area contributed by atoms with Crippen LogP contribution in [0, 0.1) is 0 Å². The fraction of sp³-hybridized carbons (Fsp3) is 0.391. The minimum absolute atomic E-state index is 0.0331. The molecule has 32 heavy (non-hydrogen) atoms. The number of sulfone groups is 1. The molecule has 0 unspecified atom stereocenters. The first-order valence-electron chi connectivity index (χ1n) is 10.5. The minimum atomic E-state index is -3.25. The molecule has 1 aromatic heterocycles. The topological polar surface area (TPSA) is 90.8 Å². The molecule has 1 N–H and O–H groups in total. The first-order chi connectivity index (χ1) is 15.1. The maximum Gasteiger partial charge on any atom is 0.307 e. The number of carboxylic acids is 1. The van der Waals surface area contributed by atoms with Crippen LogP contribution >= 0.6 is 11.3 Å². The Kier molecular flexibility index (Phi) is 6.24. The smallest absolute Gasteiger partial charge is 0.307 e. The van der Waals surface area contributed by atoms with Crippen molar-refractivity contribution < 1.29 is 18.3 Å². The molecule has 9 heteroatoms. The van der Waals surface area contributed by atoms with Crippen LogP contribution in [0.4, 0.5) is 5.13 Å². The summed E-state index contributed by atoms with van der Waals surface area (Å²) in [7, 11) is -3.25. The van der Waals surface area contributed by atoms with E-state index in [2.05, 4.69) is 23.6 Å². The van der Waals surface area contributed by atoms with Crippen LogP contribution in [0.15, 0.2) is 47.4 Å². The standard InChI is InChI=1S/C23H27N3O4S2/c1-15-12-25(23-24-20-8-7-19(32(3,29)30)11-21(20)31-23)13-16(2)26(15)14-18-6-4-5-17(9-18)10-22(27)28/h4-9,11,15-16H,10,12-14H2,1-3H3,(H,27,28)/t15-,16+. The van der Waals surface area contributed by atoms with Crippen molar-refractivity contribution in [3.8, 4) is 0 Å². The van der Waals surface area contributed by atoms with Crippen LogP contribution in [0.2, 0.25) is 0 Å². The molecule has 0 spiro atoms. The Bertz CT molecular complexity index is 1240. The first-order valence-corrected chi connectivity index (χ1v) is 13.2. The number of aromatic nitrogens is 1. The van der Waals surface area contributed by atoms with Crippen molar-refractivity contribution in [1.29, 1.82) is 0 Å². The van der Waals surface area contributed by atoms with E-state index in [-0.39, 0.29) is 18.5 Å². The Balaban J connectivity index is 1.50. The predicted molar refractivity (Wildman–Crippen MR) is 127 cm³/mol. The molecule has 2 atom stereocenters.